The lowest BCUT2D eigenvalue weighted by molar-refractivity contribution is -0.126. The smallest absolute Gasteiger partial charge is 0.304 e. The van der Waals surface area contributed by atoms with Crippen LogP contribution in [0.15, 0.2) is 4.47 Å². The molecule has 1 saturated heterocycles. The van der Waals surface area contributed by atoms with E-state index in [1.807, 2.05) is 25.5 Å². The average molecular weight is 357 g/mol. The second-order valence-corrected chi connectivity index (χ2v) is 6.14. The van der Waals surface area contributed by atoms with Crippen LogP contribution in [0.5, 0.6) is 0 Å². The number of urea groups is 1. The van der Waals surface area contributed by atoms with Crippen LogP contribution in [0.3, 0.4) is 0 Å². The molecule has 6 nitrogen and oxygen atoms in total. The van der Waals surface area contributed by atoms with Crippen LogP contribution < -0.4 is 5.32 Å². The minimum atomic E-state index is -0.800. The van der Waals surface area contributed by atoms with Crippen LogP contribution in [0.25, 0.3) is 0 Å². The first-order valence-corrected chi connectivity index (χ1v) is 8.05. The number of nitrogens with zero attached hydrogens (tertiary/aromatic N) is 3. The highest BCUT2D eigenvalue weighted by Gasteiger charge is 2.48. The van der Waals surface area contributed by atoms with E-state index in [0.29, 0.717) is 13.0 Å². The zero-order valence-corrected chi connectivity index (χ0v) is 14.5. The molecule has 116 valence electrons. The van der Waals surface area contributed by atoms with Gasteiger partial charge in [-0.05, 0) is 42.6 Å². The molecule has 2 heterocycles. The molecule has 1 atom stereocenters. The second kappa shape index (κ2) is 5.79. The lowest BCUT2D eigenvalue weighted by atomic mass is 9.97. The maximum Gasteiger partial charge on any atom is 0.325 e. The highest BCUT2D eigenvalue weighted by molar-refractivity contribution is 9.10. The van der Waals surface area contributed by atoms with Crippen LogP contribution in [0.2, 0.25) is 0 Å². The molecule has 1 aromatic heterocycles. The van der Waals surface area contributed by atoms with Gasteiger partial charge in [-0.1, -0.05) is 13.8 Å². The first-order chi connectivity index (χ1) is 9.88. The zero-order chi connectivity index (χ0) is 15.8. The summed E-state index contributed by atoms with van der Waals surface area (Å²) < 4.78 is 2.81. The largest absolute Gasteiger partial charge is 0.325 e. The van der Waals surface area contributed by atoms with Crippen LogP contribution in [0.4, 0.5) is 4.79 Å². The van der Waals surface area contributed by atoms with Crippen molar-refractivity contribution in [1.82, 2.24) is 20.0 Å². The average Bonchev–Trinajstić information content (AvgIpc) is 2.89. The quantitative estimate of drug-likeness (QED) is 0.824. The van der Waals surface area contributed by atoms with E-state index < -0.39 is 5.54 Å². The molecule has 2 rings (SSSR count). The van der Waals surface area contributed by atoms with Gasteiger partial charge in [-0.15, -0.1) is 0 Å². The maximum absolute atomic E-state index is 12.1. The molecule has 1 aromatic rings. The summed E-state index contributed by atoms with van der Waals surface area (Å²) in [6.07, 6.45) is 1.39. The Morgan fingerprint density at radius 2 is 1.95 bits per heavy atom. The van der Waals surface area contributed by atoms with E-state index in [1.165, 1.54) is 0 Å². The summed E-state index contributed by atoms with van der Waals surface area (Å²) in [5.74, 6) is -0.232. The number of carbonyl (C=O) groups is 2. The van der Waals surface area contributed by atoms with Crippen molar-refractivity contribution in [2.24, 2.45) is 0 Å². The van der Waals surface area contributed by atoms with Crippen molar-refractivity contribution < 1.29 is 9.59 Å². The van der Waals surface area contributed by atoms with Gasteiger partial charge in [0, 0.05) is 6.54 Å². The fraction of sp³-hybridized carbons (Fsp3) is 0.643. The normalized spacial score (nSPS) is 22.0. The fourth-order valence-electron chi connectivity index (χ4n) is 2.56. The summed E-state index contributed by atoms with van der Waals surface area (Å²) >= 11 is 3.58. The van der Waals surface area contributed by atoms with Gasteiger partial charge in [0.05, 0.1) is 22.4 Å². The number of hydrogen-bond donors (Lipinski definition) is 1. The Labute approximate surface area is 133 Å². The van der Waals surface area contributed by atoms with Gasteiger partial charge in [-0.25, -0.2) is 4.79 Å². The minimum Gasteiger partial charge on any atom is -0.304 e. The molecular formula is C14H21BrN4O2. The van der Waals surface area contributed by atoms with Crippen molar-refractivity contribution in [3.63, 3.8) is 0 Å². The van der Waals surface area contributed by atoms with Gasteiger partial charge in [0.25, 0.3) is 5.91 Å². The van der Waals surface area contributed by atoms with Crippen molar-refractivity contribution in [2.45, 2.75) is 59.2 Å². The van der Waals surface area contributed by atoms with E-state index in [-0.39, 0.29) is 11.9 Å². The summed E-state index contributed by atoms with van der Waals surface area (Å²) in [7, 11) is 0. The molecule has 0 saturated carbocycles. The molecule has 0 bridgehead atoms. The van der Waals surface area contributed by atoms with Gasteiger partial charge >= 0.3 is 6.03 Å². The van der Waals surface area contributed by atoms with Crippen LogP contribution >= 0.6 is 15.9 Å². The Morgan fingerprint density at radius 3 is 2.48 bits per heavy atom. The summed E-state index contributed by atoms with van der Waals surface area (Å²) in [4.78, 5) is 25.7. The van der Waals surface area contributed by atoms with E-state index in [4.69, 9.17) is 0 Å². The molecule has 3 amide bonds. The summed E-state index contributed by atoms with van der Waals surface area (Å²) in [5, 5.41) is 6.94. The van der Waals surface area contributed by atoms with Gasteiger partial charge in [-0.3, -0.25) is 14.8 Å². The molecule has 1 aliphatic heterocycles. The SMILES string of the molecule is CCc1nn(CC)c(CN2C(=O)NC(=O)C2(C)CC)c1Br. The second-order valence-electron chi connectivity index (χ2n) is 5.35. The number of halogens is 1. The number of aromatic nitrogens is 2. The standard InChI is InChI=1S/C14H21BrN4O2/c1-5-9-11(15)10(19(7-3)17-9)8-18-13(21)16-12(20)14(18,4)6-2/h5-8H2,1-4H3,(H,16,20,21). The van der Waals surface area contributed by atoms with E-state index in [1.54, 1.807) is 11.8 Å². The lowest BCUT2D eigenvalue weighted by Crippen LogP contribution is -2.46. The number of nitrogens with one attached hydrogen (secondary N) is 1. The monoisotopic (exact) mass is 356 g/mol. The van der Waals surface area contributed by atoms with E-state index in [0.717, 1.165) is 28.8 Å². The van der Waals surface area contributed by atoms with Crippen molar-refractivity contribution in [3.05, 3.63) is 15.9 Å². The number of carbonyl (C=O) groups excluding carboxylic acids is 2. The molecule has 0 aliphatic carbocycles. The maximum atomic E-state index is 12.1. The van der Waals surface area contributed by atoms with Gasteiger partial charge in [0.2, 0.25) is 0 Å². The predicted octanol–water partition coefficient (Wildman–Crippen LogP) is 2.45. The Hall–Kier alpha value is -1.37. The third kappa shape index (κ3) is 2.47. The van der Waals surface area contributed by atoms with Gasteiger partial charge in [0.1, 0.15) is 5.54 Å². The van der Waals surface area contributed by atoms with Crippen molar-refractivity contribution in [2.75, 3.05) is 0 Å². The third-order valence-electron chi connectivity index (χ3n) is 4.24. The predicted molar refractivity (Wildman–Crippen MR) is 82.8 cm³/mol. The van der Waals surface area contributed by atoms with Gasteiger partial charge in [0.15, 0.2) is 0 Å². The zero-order valence-electron chi connectivity index (χ0n) is 12.9. The topological polar surface area (TPSA) is 67.2 Å². The highest BCUT2D eigenvalue weighted by atomic mass is 79.9. The number of amides is 3. The van der Waals surface area contributed by atoms with Crippen LogP contribution in [0, 0.1) is 0 Å². The van der Waals surface area contributed by atoms with Gasteiger partial charge in [-0.2, -0.15) is 5.10 Å². The Balaban J connectivity index is 2.39. The third-order valence-corrected chi connectivity index (χ3v) is 5.16. The van der Waals surface area contributed by atoms with Crippen molar-refractivity contribution in [3.8, 4) is 0 Å². The van der Waals surface area contributed by atoms with Crippen molar-refractivity contribution >= 4 is 27.9 Å². The minimum absolute atomic E-state index is 0.232. The molecule has 1 aliphatic rings. The molecule has 21 heavy (non-hydrogen) atoms. The van der Waals surface area contributed by atoms with Crippen molar-refractivity contribution in [1.29, 1.82) is 0 Å². The molecule has 0 spiro atoms. The Kier molecular flexibility index (Phi) is 4.41. The molecule has 1 fully saturated rings. The number of imide groups is 1. The summed E-state index contributed by atoms with van der Waals surface area (Å²) in [5.41, 5.74) is 1.10. The Bertz CT molecular complexity index is 584. The van der Waals surface area contributed by atoms with Crippen LogP contribution in [0.1, 0.15) is 45.5 Å². The van der Waals surface area contributed by atoms with Crippen LogP contribution in [-0.4, -0.2) is 32.2 Å². The van der Waals surface area contributed by atoms with Gasteiger partial charge < -0.3 is 4.90 Å². The first-order valence-electron chi connectivity index (χ1n) is 7.26. The molecular weight excluding hydrogens is 336 g/mol. The molecule has 1 N–H and O–H groups in total. The molecule has 0 radical (unpaired) electrons. The molecule has 7 heteroatoms. The van der Waals surface area contributed by atoms with E-state index in [9.17, 15) is 9.59 Å². The lowest BCUT2D eigenvalue weighted by Gasteiger charge is -2.30. The number of aryl methyl sites for hydroxylation is 2. The van der Waals surface area contributed by atoms with E-state index >= 15 is 0 Å². The highest BCUT2D eigenvalue weighted by Crippen LogP contribution is 2.30. The molecule has 1 unspecified atom stereocenters. The Morgan fingerprint density at radius 1 is 1.29 bits per heavy atom. The number of hydrogen-bond acceptors (Lipinski definition) is 3. The fourth-order valence-corrected chi connectivity index (χ4v) is 3.25. The molecule has 0 aromatic carbocycles. The summed E-state index contributed by atoms with van der Waals surface area (Å²) in [6, 6.07) is -0.335. The first kappa shape index (κ1) is 16.0. The number of rotatable bonds is 5. The van der Waals surface area contributed by atoms with E-state index in [2.05, 4.69) is 26.3 Å². The van der Waals surface area contributed by atoms with Crippen LogP contribution in [-0.2, 0) is 24.3 Å². The summed E-state index contributed by atoms with van der Waals surface area (Å²) in [6.45, 7) is 8.85.